The molecule has 0 aliphatic heterocycles. The summed E-state index contributed by atoms with van der Waals surface area (Å²) >= 11 is 0. The summed E-state index contributed by atoms with van der Waals surface area (Å²) in [5, 5.41) is 5.79. The van der Waals surface area contributed by atoms with Gasteiger partial charge >= 0.3 is 0 Å². The molecule has 2 saturated carbocycles. The second kappa shape index (κ2) is 16.5. The van der Waals surface area contributed by atoms with Crippen molar-refractivity contribution in [3.05, 3.63) is 182 Å². The van der Waals surface area contributed by atoms with Crippen molar-refractivity contribution in [1.82, 2.24) is 0 Å². The summed E-state index contributed by atoms with van der Waals surface area (Å²) < 4.78 is 0. The summed E-state index contributed by atoms with van der Waals surface area (Å²) in [5.41, 5.74) is 7.36. The van der Waals surface area contributed by atoms with E-state index in [4.69, 9.17) is 0 Å². The van der Waals surface area contributed by atoms with Crippen LogP contribution in [-0.4, -0.2) is 5.66 Å². The molecule has 3 heteroatoms. The van der Waals surface area contributed by atoms with Crippen molar-refractivity contribution < 1.29 is 17.1 Å². The molecule has 6 rings (SSSR count). The van der Waals surface area contributed by atoms with E-state index in [2.05, 4.69) is 183 Å². The number of rotatable bonds is 7. The van der Waals surface area contributed by atoms with Crippen LogP contribution in [0.4, 0.5) is 0 Å². The monoisotopic (exact) mass is 638 g/mol. The summed E-state index contributed by atoms with van der Waals surface area (Å²) in [7, 11) is -0.836. The molecule has 4 aromatic carbocycles. The summed E-state index contributed by atoms with van der Waals surface area (Å²) in [4.78, 5) is 0. The Morgan fingerprint density at radius 2 is 0.837 bits per heavy atom. The SMILES string of the molecule is Cc1cc(C)cc(P(c2cc(C)cc(C)c2)C(C)[C]2[CH][CH][CH][CH]2)c1.[CH]1[CH][CH][C](P(c2ccccc2)c2ccccc2)[CH]1.[Fe]. The molecule has 0 nitrogen and oxygen atoms in total. The van der Waals surface area contributed by atoms with Gasteiger partial charge in [-0.25, -0.2) is 0 Å². The van der Waals surface area contributed by atoms with E-state index in [-0.39, 0.29) is 17.1 Å². The molecular weight excluding hydrogens is 598 g/mol. The summed E-state index contributed by atoms with van der Waals surface area (Å²) in [6, 6.07) is 35.6. The second-order valence-corrected chi connectivity index (χ2v) is 15.9. The van der Waals surface area contributed by atoms with Crippen LogP contribution in [-0.2, 0) is 17.1 Å². The topological polar surface area (TPSA) is 0 Å². The number of hydrogen-bond acceptors (Lipinski definition) is 0. The Labute approximate surface area is 275 Å². The molecular formula is C40H40FeP2. The Morgan fingerprint density at radius 3 is 1.23 bits per heavy atom. The average molecular weight is 639 g/mol. The molecule has 2 aliphatic carbocycles. The normalized spacial score (nSPS) is 16.2. The third-order valence-electron chi connectivity index (χ3n) is 7.46. The Kier molecular flexibility index (Phi) is 13.1. The van der Waals surface area contributed by atoms with Gasteiger partial charge in [0.2, 0.25) is 0 Å². The maximum Gasteiger partial charge on any atom is 0.0161 e. The summed E-state index contributed by atoms with van der Waals surface area (Å²) in [5.74, 6) is 1.44. The van der Waals surface area contributed by atoms with Gasteiger partial charge in [0.15, 0.2) is 0 Å². The molecule has 2 fully saturated rings. The van der Waals surface area contributed by atoms with Crippen molar-refractivity contribution in [3.8, 4) is 0 Å². The van der Waals surface area contributed by atoms with Crippen molar-refractivity contribution >= 4 is 37.1 Å². The van der Waals surface area contributed by atoms with E-state index in [1.165, 1.54) is 55.0 Å². The van der Waals surface area contributed by atoms with E-state index in [0.29, 0.717) is 5.66 Å². The first-order valence-corrected chi connectivity index (χ1v) is 17.4. The second-order valence-electron chi connectivity index (χ2n) is 11.1. The Balaban J connectivity index is 0.000000199. The smallest absolute Gasteiger partial charge is 0.0161 e. The minimum atomic E-state index is -0.427. The first kappa shape index (κ1) is 34.1. The quantitative estimate of drug-likeness (QED) is 0.141. The van der Waals surface area contributed by atoms with Gasteiger partial charge < -0.3 is 0 Å². The molecule has 43 heavy (non-hydrogen) atoms. The zero-order valence-corrected chi connectivity index (χ0v) is 28.6. The van der Waals surface area contributed by atoms with Gasteiger partial charge in [0.25, 0.3) is 0 Å². The molecule has 0 amide bonds. The van der Waals surface area contributed by atoms with Crippen LogP contribution in [0.15, 0.2) is 97.1 Å². The van der Waals surface area contributed by atoms with Crippen LogP contribution >= 0.6 is 15.8 Å². The standard InChI is InChI=1S/C23H26P.C17H14P.Fe/c1-16-10-17(2)13-22(12-16)24(20(5)21-8-6-7-9-21)23-14-18(3)11-19(4)15-23;1-3-9-15(10-4-1)18(17-13-7-8-14-17)16-11-5-2-6-12-16;/h6-15,20H,1-5H3;1-14H;. The van der Waals surface area contributed by atoms with Crippen molar-refractivity contribution in [2.75, 3.05) is 0 Å². The molecule has 2 aliphatic rings. The van der Waals surface area contributed by atoms with E-state index in [1.807, 2.05) is 0 Å². The first-order chi connectivity index (χ1) is 20.4. The van der Waals surface area contributed by atoms with Crippen LogP contribution in [0.5, 0.6) is 0 Å². The van der Waals surface area contributed by atoms with Crippen LogP contribution in [0.25, 0.3) is 0 Å². The molecule has 0 spiro atoms. The molecule has 218 valence electrons. The first-order valence-electron chi connectivity index (χ1n) is 14.7. The van der Waals surface area contributed by atoms with E-state index >= 15 is 0 Å². The predicted octanol–water partition coefficient (Wildman–Crippen LogP) is 8.63. The fourth-order valence-electron chi connectivity index (χ4n) is 5.71. The number of hydrogen-bond donors (Lipinski definition) is 0. The fraction of sp³-hybridized carbons (Fsp3) is 0.150. The van der Waals surface area contributed by atoms with E-state index < -0.39 is 15.8 Å². The zero-order valence-electron chi connectivity index (χ0n) is 25.7. The Bertz CT molecular complexity index is 1270. The molecule has 0 heterocycles. The largest absolute Gasteiger partial charge is 0.0622 e. The van der Waals surface area contributed by atoms with E-state index in [1.54, 1.807) is 0 Å². The molecule has 1 unspecified atom stereocenters. The Hall–Kier alpha value is -1.74. The van der Waals surface area contributed by atoms with Gasteiger partial charge in [-0.3, -0.25) is 0 Å². The maximum atomic E-state index is 2.39. The molecule has 0 N–H and O–H groups in total. The van der Waals surface area contributed by atoms with Crippen LogP contribution in [0.2, 0.25) is 0 Å². The van der Waals surface area contributed by atoms with Gasteiger partial charge in [-0.1, -0.05) is 126 Å². The molecule has 0 bridgehead atoms. The molecule has 0 aromatic heterocycles. The van der Waals surface area contributed by atoms with Gasteiger partial charge in [0.1, 0.15) is 0 Å². The van der Waals surface area contributed by atoms with Gasteiger partial charge in [-0.2, -0.15) is 0 Å². The molecule has 10 radical (unpaired) electrons. The summed E-state index contributed by atoms with van der Waals surface area (Å²) in [6.07, 6.45) is 17.5. The van der Waals surface area contributed by atoms with Gasteiger partial charge in [-0.15, -0.1) is 0 Å². The van der Waals surface area contributed by atoms with Gasteiger partial charge in [-0.05, 0) is 128 Å². The van der Waals surface area contributed by atoms with Crippen molar-refractivity contribution in [2.45, 2.75) is 40.3 Å². The fourth-order valence-corrected chi connectivity index (χ4v) is 11.0. The van der Waals surface area contributed by atoms with Gasteiger partial charge in [0, 0.05) is 22.7 Å². The summed E-state index contributed by atoms with van der Waals surface area (Å²) in [6.45, 7) is 11.2. The third-order valence-corrected chi connectivity index (χ3v) is 12.6. The average Bonchev–Trinajstić information content (AvgIpc) is 3.70. The van der Waals surface area contributed by atoms with Crippen LogP contribution in [0.3, 0.4) is 0 Å². The van der Waals surface area contributed by atoms with Crippen LogP contribution in [0, 0.1) is 90.6 Å². The molecule has 0 saturated heterocycles. The van der Waals surface area contributed by atoms with Crippen molar-refractivity contribution in [2.24, 2.45) is 0 Å². The van der Waals surface area contributed by atoms with E-state index in [0.717, 1.165) is 0 Å². The van der Waals surface area contributed by atoms with Crippen LogP contribution < -0.4 is 21.2 Å². The zero-order chi connectivity index (χ0) is 29.5. The minimum Gasteiger partial charge on any atom is -0.0622 e. The molecule has 1 atom stereocenters. The van der Waals surface area contributed by atoms with Gasteiger partial charge in [0.05, 0.1) is 0 Å². The molecule has 4 aromatic rings. The minimum absolute atomic E-state index is 0. The maximum absolute atomic E-state index is 2.39. The third kappa shape index (κ3) is 9.15. The predicted molar refractivity (Wildman–Crippen MR) is 187 cm³/mol. The Morgan fingerprint density at radius 1 is 0.465 bits per heavy atom. The van der Waals surface area contributed by atoms with Crippen molar-refractivity contribution in [1.29, 1.82) is 0 Å². The van der Waals surface area contributed by atoms with E-state index in [9.17, 15) is 0 Å². The van der Waals surface area contributed by atoms with Crippen molar-refractivity contribution in [3.63, 3.8) is 0 Å². The number of aryl methyl sites for hydroxylation is 4. The van der Waals surface area contributed by atoms with Crippen LogP contribution in [0.1, 0.15) is 29.2 Å². The number of benzene rings is 4.